The highest BCUT2D eigenvalue weighted by atomic mass is 35.5. The Morgan fingerprint density at radius 1 is 1.05 bits per heavy atom. The fourth-order valence-electron chi connectivity index (χ4n) is 1.56. The second kappa shape index (κ2) is 5.89. The number of nitrogens with one attached hydrogen (secondary N) is 1. The molecule has 7 heteroatoms. The highest BCUT2D eigenvalue weighted by Gasteiger charge is 2.31. The lowest BCUT2D eigenvalue weighted by atomic mass is 10.2. The molecule has 0 bridgehead atoms. The first-order valence-electron chi connectivity index (χ1n) is 5.58. The Labute approximate surface area is 123 Å². The predicted molar refractivity (Wildman–Crippen MR) is 73.0 cm³/mol. The molecule has 0 radical (unpaired) electrons. The molecule has 0 spiro atoms. The molecule has 20 heavy (non-hydrogen) atoms. The molecule has 0 saturated heterocycles. The smallest absolute Gasteiger partial charge is 0.380 e. The second-order valence-corrected chi connectivity index (χ2v) is 4.80. The van der Waals surface area contributed by atoms with Gasteiger partial charge in [0.1, 0.15) is 5.69 Å². The molecule has 2 aromatic rings. The van der Waals surface area contributed by atoms with Crippen molar-refractivity contribution in [2.24, 2.45) is 0 Å². The Morgan fingerprint density at radius 2 is 1.70 bits per heavy atom. The number of anilines is 1. The van der Waals surface area contributed by atoms with Crippen molar-refractivity contribution in [3.63, 3.8) is 0 Å². The molecule has 1 N–H and O–H groups in total. The maximum Gasteiger partial charge on any atom is 0.433 e. The van der Waals surface area contributed by atoms with Gasteiger partial charge in [-0.25, -0.2) is 4.98 Å². The SMILES string of the molecule is FC(F)(F)c1ccc(NCc2c(Cl)cccc2Cl)cn1. The van der Waals surface area contributed by atoms with Crippen molar-refractivity contribution < 1.29 is 13.2 Å². The molecule has 106 valence electrons. The van der Waals surface area contributed by atoms with Crippen molar-refractivity contribution in [1.29, 1.82) is 0 Å². The maximum absolute atomic E-state index is 12.4. The molecule has 1 aromatic heterocycles. The third kappa shape index (κ3) is 3.55. The molecule has 1 aromatic carbocycles. The van der Waals surface area contributed by atoms with Gasteiger partial charge in [0.25, 0.3) is 0 Å². The molecule has 2 nitrogen and oxygen atoms in total. The van der Waals surface area contributed by atoms with Gasteiger partial charge >= 0.3 is 6.18 Å². The number of alkyl halides is 3. The van der Waals surface area contributed by atoms with Crippen molar-refractivity contribution in [2.45, 2.75) is 12.7 Å². The molecule has 0 aliphatic rings. The summed E-state index contributed by atoms with van der Waals surface area (Å²) < 4.78 is 37.1. The van der Waals surface area contributed by atoms with Crippen LogP contribution in [0.4, 0.5) is 18.9 Å². The first kappa shape index (κ1) is 14.9. The van der Waals surface area contributed by atoms with E-state index in [0.717, 1.165) is 12.3 Å². The van der Waals surface area contributed by atoms with Gasteiger partial charge in [0.2, 0.25) is 0 Å². The lowest BCUT2D eigenvalue weighted by molar-refractivity contribution is -0.141. The molecular weight excluding hydrogens is 312 g/mol. The van der Waals surface area contributed by atoms with E-state index >= 15 is 0 Å². The zero-order chi connectivity index (χ0) is 14.8. The van der Waals surface area contributed by atoms with Crippen LogP contribution in [0.3, 0.4) is 0 Å². The monoisotopic (exact) mass is 320 g/mol. The van der Waals surface area contributed by atoms with E-state index in [4.69, 9.17) is 23.2 Å². The number of nitrogens with zero attached hydrogens (tertiary/aromatic N) is 1. The fourth-order valence-corrected chi connectivity index (χ4v) is 2.09. The van der Waals surface area contributed by atoms with Crippen LogP contribution in [0.15, 0.2) is 36.5 Å². The number of halogens is 5. The van der Waals surface area contributed by atoms with Crippen LogP contribution in [0.5, 0.6) is 0 Å². The van der Waals surface area contributed by atoms with Crippen molar-refractivity contribution in [1.82, 2.24) is 4.98 Å². The first-order valence-corrected chi connectivity index (χ1v) is 6.33. The summed E-state index contributed by atoms with van der Waals surface area (Å²) in [4.78, 5) is 3.35. The zero-order valence-corrected chi connectivity index (χ0v) is 11.5. The third-order valence-corrected chi connectivity index (χ3v) is 3.29. The molecule has 0 saturated carbocycles. The Balaban J connectivity index is 2.08. The van der Waals surface area contributed by atoms with E-state index < -0.39 is 11.9 Å². The van der Waals surface area contributed by atoms with Crippen molar-refractivity contribution in [3.8, 4) is 0 Å². The summed E-state index contributed by atoms with van der Waals surface area (Å²) in [5.41, 5.74) is 0.198. The molecule has 0 aliphatic heterocycles. The quantitative estimate of drug-likeness (QED) is 0.859. The van der Waals surface area contributed by atoms with Gasteiger partial charge in [0.05, 0.1) is 11.9 Å². The topological polar surface area (TPSA) is 24.9 Å². The van der Waals surface area contributed by atoms with Crippen LogP contribution in [0.25, 0.3) is 0 Å². The summed E-state index contributed by atoms with van der Waals surface area (Å²) in [6.45, 7) is 0.297. The molecule has 0 aliphatic carbocycles. The van der Waals surface area contributed by atoms with Crippen molar-refractivity contribution in [3.05, 3.63) is 57.8 Å². The minimum atomic E-state index is -4.44. The molecule has 1 heterocycles. The van der Waals surface area contributed by atoms with Gasteiger partial charge in [-0.2, -0.15) is 13.2 Å². The Kier molecular flexibility index (Phi) is 4.40. The molecule has 0 amide bonds. The van der Waals surface area contributed by atoms with Crippen LogP contribution >= 0.6 is 23.2 Å². The lowest BCUT2D eigenvalue weighted by Crippen LogP contribution is -2.08. The average Bonchev–Trinajstić information content (AvgIpc) is 2.37. The van der Waals surface area contributed by atoms with E-state index in [1.54, 1.807) is 18.2 Å². The Bertz CT molecular complexity index is 577. The highest BCUT2D eigenvalue weighted by molar-refractivity contribution is 6.36. The summed E-state index contributed by atoms with van der Waals surface area (Å²) in [5, 5.41) is 3.90. The number of hydrogen-bond donors (Lipinski definition) is 1. The lowest BCUT2D eigenvalue weighted by Gasteiger charge is -2.10. The van der Waals surface area contributed by atoms with Gasteiger partial charge in [0, 0.05) is 22.2 Å². The standard InChI is InChI=1S/C13H9Cl2F3N2/c14-10-2-1-3-11(15)9(10)7-19-8-4-5-12(20-6-8)13(16,17)18/h1-6,19H,7H2. The van der Waals surface area contributed by atoms with Gasteiger partial charge < -0.3 is 5.32 Å². The Morgan fingerprint density at radius 3 is 2.20 bits per heavy atom. The van der Waals surface area contributed by atoms with E-state index in [0.29, 0.717) is 27.8 Å². The fraction of sp³-hybridized carbons (Fsp3) is 0.154. The molecule has 0 atom stereocenters. The van der Waals surface area contributed by atoms with Crippen LogP contribution in [-0.4, -0.2) is 4.98 Å². The van der Waals surface area contributed by atoms with E-state index in [2.05, 4.69) is 10.3 Å². The Hall–Kier alpha value is -1.46. The van der Waals surface area contributed by atoms with Crippen LogP contribution in [0.2, 0.25) is 10.0 Å². The predicted octanol–water partition coefficient (Wildman–Crippen LogP) is 5.02. The van der Waals surface area contributed by atoms with Crippen LogP contribution in [-0.2, 0) is 12.7 Å². The minimum absolute atomic E-state index is 0.297. The first-order chi connectivity index (χ1) is 9.38. The van der Waals surface area contributed by atoms with E-state index in [9.17, 15) is 13.2 Å². The van der Waals surface area contributed by atoms with Gasteiger partial charge in [-0.1, -0.05) is 29.3 Å². The third-order valence-electron chi connectivity index (χ3n) is 2.58. The molecule has 0 unspecified atom stereocenters. The largest absolute Gasteiger partial charge is 0.433 e. The van der Waals surface area contributed by atoms with Crippen LogP contribution in [0.1, 0.15) is 11.3 Å². The van der Waals surface area contributed by atoms with Gasteiger partial charge in [-0.15, -0.1) is 0 Å². The number of aromatic nitrogens is 1. The molecular formula is C13H9Cl2F3N2. The van der Waals surface area contributed by atoms with E-state index in [-0.39, 0.29) is 0 Å². The van der Waals surface area contributed by atoms with E-state index in [1.807, 2.05) is 0 Å². The maximum atomic E-state index is 12.4. The van der Waals surface area contributed by atoms with Crippen molar-refractivity contribution >= 4 is 28.9 Å². The minimum Gasteiger partial charge on any atom is -0.380 e. The normalized spacial score (nSPS) is 11.4. The summed E-state index contributed by atoms with van der Waals surface area (Å²) >= 11 is 12.0. The van der Waals surface area contributed by atoms with E-state index in [1.165, 1.54) is 6.07 Å². The second-order valence-electron chi connectivity index (χ2n) is 3.98. The number of pyridine rings is 1. The molecule has 0 fully saturated rings. The molecule has 2 rings (SSSR count). The highest BCUT2D eigenvalue weighted by Crippen LogP contribution is 2.28. The number of benzene rings is 1. The van der Waals surface area contributed by atoms with Gasteiger partial charge in [0.15, 0.2) is 0 Å². The van der Waals surface area contributed by atoms with Crippen molar-refractivity contribution in [2.75, 3.05) is 5.32 Å². The number of hydrogen-bond acceptors (Lipinski definition) is 2. The van der Waals surface area contributed by atoms with Gasteiger partial charge in [-0.3, -0.25) is 0 Å². The van der Waals surface area contributed by atoms with Crippen LogP contribution in [0, 0.1) is 0 Å². The van der Waals surface area contributed by atoms with Crippen LogP contribution < -0.4 is 5.32 Å². The van der Waals surface area contributed by atoms with Gasteiger partial charge in [-0.05, 0) is 24.3 Å². The zero-order valence-electron chi connectivity index (χ0n) is 10.0. The summed E-state index contributed by atoms with van der Waals surface area (Å²) in [6.07, 6.45) is -3.32. The summed E-state index contributed by atoms with van der Waals surface area (Å²) in [5.74, 6) is 0. The number of rotatable bonds is 3. The summed E-state index contributed by atoms with van der Waals surface area (Å²) in [6, 6.07) is 7.32. The summed E-state index contributed by atoms with van der Waals surface area (Å²) in [7, 11) is 0. The average molecular weight is 321 g/mol.